The van der Waals surface area contributed by atoms with Gasteiger partial charge in [-0.05, 0) is 55.3 Å². The molecule has 0 saturated heterocycles. The Morgan fingerprint density at radius 3 is 2.46 bits per heavy atom. The van der Waals surface area contributed by atoms with Gasteiger partial charge in [0.2, 0.25) is 0 Å². The molecule has 0 aliphatic heterocycles. The van der Waals surface area contributed by atoms with Crippen LogP contribution in [0, 0.1) is 6.92 Å². The Hall–Kier alpha value is -3.27. The molecule has 0 bridgehead atoms. The molecular weight excluding hydrogens is 348 g/mol. The maximum Gasteiger partial charge on any atom is 0.147 e. The van der Waals surface area contributed by atoms with Crippen molar-refractivity contribution in [1.82, 2.24) is 9.55 Å². The van der Waals surface area contributed by atoms with Crippen LogP contribution in [0.1, 0.15) is 17.8 Å². The molecule has 4 heteroatoms. The minimum absolute atomic E-state index is 0.442. The van der Waals surface area contributed by atoms with E-state index in [0.29, 0.717) is 13.2 Å². The van der Waals surface area contributed by atoms with E-state index >= 15 is 0 Å². The molecule has 0 aliphatic carbocycles. The number of imidazole rings is 1. The summed E-state index contributed by atoms with van der Waals surface area (Å²) in [6, 6.07) is 26.2. The van der Waals surface area contributed by atoms with Crippen molar-refractivity contribution < 1.29 is 9.47 Å². The molecule has 0 fully saturated rings. The molecule has 0 amide bonds. The first kappa shape index (κ1) is 18.1. The van der Waals surface area contributed by atoms with Gasteiger partial charge >= 0.3 is 0 Å². The lowest BCUT2D eigenvalue weighted by atomic mass is 10.2. The van der Waals surface area contributed by atoms with Gasteiger partial charge in [0.1, 0.15) is 23.9 Å². The van der Waals surface area contributed by atoms with E-state index in [1.807, 2.05) is 66.7 Å². The van der Waals surface area contributed by atoms with E-state index in [2.05, 4.69) is 23.6 Å². The molecule has 0 unspecified atom stereocenters. The summed E-state index contributed by atoms with van der Waals surface area (Å²) in [5, 5.41) is 0. The summed E-state index contributed by atoms with van der Waals surface area (Å²) in [5.74, 6) is 2.70. The predicted molar refractivity (Wildman–Crippen MR) is 112 cm³/mol. The number of hydrogen-bond donors (Lipinski definition) is 0. The summed E-state index contributed by atoms with van der Waals surface area (Å²) >= 11 is 0. The SMILES string of the molecule is Cc1cccc(OCc2nc3ccccc3n2CCCOc2ccccc2)c1. The lowest BCUT2D eigenvalue weighted by Gasteiger charge is -2.11. The number of hydrogen-bond acceptors (Lipinski definition) is 3. The molecule has 0 saturated carbocycles. The zero-order chi connectivity index (χ0) is 19.2. The van der Waals surface area contributed by atoms with Crippen molar-refractivity contribution in [2.24, 2.45) is 0 Å². The second kappa shape index (κ2) is 8.61. The zero-order valence-electron chi connectivity index (χ0n) is 16.0. The van der Waals surface area contributed by atoms with E-state index in [1.165, 1.54) is 5.56 Å². The fraction of sp³-hybridized carbons (Fsp3) is 0.208. The average Bonchev–Trinajstić information content (AvgIpc) is 3.08. The van der Waals surface area contributed by atoms with Gasteiger partial charge in [-0.2, -0.15) is 0 Å². The van der Waals surface area contributed by atoms with Crippen molar-refractivity contribution in [3.8, 4) is 11.5 Å². The maximum atomic E-state index is 6.00. The van der Waals surface area contributed by atoms with Crippen LogP contribution in [0.4, 0.5) is 0 Å². The third-order valence-electron chi connectivity index (χ3n) is 4.63. The van der Waals surface area contributed by atoms with Gasteiger partial charge in [-0.15, -0.1) is 0 Å². The number of nitrogens with zero attached hydrogens (tertiary/aromatic N) is 2. The minimum Gasteiger partial charge on any atom is -0.494 e. The van der Waals surface area contributed by atoms with Crippen LogP contribution >= 0.6 is 0 Å². The van der Waals surface area contributed by atoms with Crippen LogP contribution in [-0.2, 0) is 13.2 Å². The molecule has 142 valence electrons. The fourth-order valence-electron chi connectivity index (χ4n) is 3.27. The Balaban J connectivity index is 1.45. The standard InChI is InChI=1S/C24H24N2O2/c1-19-9-7-12-21(17-19)28-18-24-25-22-13-5-6-14-23(22)26(24)15-8-16-27-20-10-3-2-4-11-20/h2-7,9-14,17H,8,15-16,18H2,1H3. The van der Waals surface area contributed by atoms with E-state index < -0.39 is 0 Å². The zero-order valence-corrected chi connectivity index (χ0v) is 16.0. The van der Waals surface area contributed by atoms with Gasteiger partial charge in [0, 0.05) is 6.54 Å². The second-order valence-corrected chi connectivity index (χ2v) is 6.79. The summed E-state index contributed by atoms with van der Waals surface area (Å²) in [6.45, 7) is 4.00. The summed E-state index contributed by atoms with van der Waals surface area (Å²) in [7, 11) is 0. The normalized spacial score (nSPS) is 10.9. The minimum atomic E-state index is 0.442. The third-order valence-corrected chi connectivity index (χ3v) is 4.63. The van der Waals surface area contributed by atoms with E-state index in [4.69, 9.17) is 14.5 Å². The van der Waals surface area contributed by atoms with E-state index in [9.17, 15) is 0 Å². The number of benzene rings is 3. The molecule has 1 aromatic heterocycles. The Labute approximate surface area is 165 Å². The lowest BCUT2D eigenvalue weighted by Crippen LogP contribution is -2.10. The Morgan fingerprint density at radius 1 is 0.821 bits per heavy atom. The molecule has 0 spiro atoms. The van der Waals surface area contributed by atoms with Gasteiger partial charge in [-0.3, -0.25) is 0 Å². The van der Waals surface area contributed by atoms with Crippen LogP contribution in [0.25, 0.3) is 11.0 Å². The van der Waals surface area contributed by atoms with Crippen molar-refractivity contribution in [2.75, 3.05) is 6.61 Å². The lowest BCUT2D eigenvalue weighted by molar-refractivity contribution is 0.280. The average molecular weight is 372 g/mol. The van der Waals surface area contributed by atoms with Gasteiger partial charge in [0.05, 0.1) is 17.6 Å². The highest BCUT2D eigenvalue weighted by Gasteiger charge is 2.11. The molecule has 1 heterocycles. The Bertz CT molecular complexity index is 1040. The maximum absolute atomic E-state index is 6.00. The van der Waals surface area contributed by atoms with Gasteiger partial charge in [-0.1, -0.05) is 42.5 Å². The number of fused-ring (bicyclic) bond motifs is 1. The van der Waals surface area contributed by atoms with Gasteiger partial charge in [-0.25, -0.2) is 4.98 Å². The monoisotopic (exact) mass is 372 g/mol. The molecule has 4 rings (SSSR count). The first-order valence-electron chi connectivity index (χ1n) is 9.61. The van der Waals surface area contributed by atoms with Crippen molar-refractivity contribution in [1.29, 1.82) is 0 Å². The van der Waals surface area contributed by atoms with Crippen molar-refractivity contribution in [2.45, 2.75) is 26.5 Å². The summed E-state index contributed by atoms with van der Waals surface area (Å²) in [6.07, 6.45) is 0.896. The molecule has 3 aromatic carbocycles. The summed E-state index contributed by atoms with van der Waals surface area (Å²) < 4.78 is 14.1. The van der Waals surface area contributed by atoms with Crippen molar-refractivity contribution >= 4 is 11.0 Å². The smallest absolute Gasteiger partial charge is 0.147 e. The number of ether oxygens (including phenoxy) is 2. The molecule has 0 aliphatic rings. The van der Waals surface area contributed by atoms with Crippen LogP contribution in [0.3, 0.4) is 0 Å². The first-order valence-corrected chi connectivity index (χ1v) is 9.61. The van der Waals surface area contributed by atoms with Crippen LogP contribution < -0.4 is 9.47 Å². The topological polar surface area (TPSA) is 36.3 Å². The van der Waals surface area contributed by atoms with Crippen LogP contribution in [-0.4, -0.2) is 16.2 Å². The molecule has 4 aromatic rings. The highest BCUT2D eigenvalue weighted by Crippen LogP contribution is 2.20. The summed E-state index contributed by atoms with van der Waals surface area (Å²) in [5.41, 5.74) is 3.31. The highest BCUT2D eigenvalue weighted by molar-refractivity contribution is 5.75. The molecule has 4 nitrogen and oxygen atoms in total. The van der Waals surface area contributed by atoms with Gasteiger partial charge in [0.15, 0.2) is 0 Å². The van der Waals surface area contributed by atoms with Gasteiger partial charge < -0.3 is 14.0 Å². The van der Waals surface area contributed by atoms with Crippen LogP contribution in [0.15, 0.2) is 78.9 Å². The quantitative estimate of drug-likeness (QED) is 0.389. The number of rotatable bonds is 8. The fourth-order valence-corrected chi connectivity index (χ4v) is 3.27. The number of aryl methyl sites for hydroxylation is 2. The second-order valence-electron chi connectivity index (χ2n) is 6.79. The van der Waals surface area contributed by atoms with Crippen molar-refractivity contribution in [3.05, 3.63) is 90.3 Å². The Morgan fingerprint density at radius 2 is 1.61 bits per heavy atom. The third kappa shape index (κ3) is 4.34. The van der Waals surface area contributed by atoms with Gasteiger partial charge in [0.25, 0.3) is 0 Å². The Kier molecular flexibility index (Phi) is 5.57. The molecule has 0 atom stereocenters. The number of para-hydroxylation sites is 3. The highest BCUT2D eigenvalue weighted by atomic mass is 16.5. The number of aromatic nitrogens is 2. The predicted octanol–water partition coefficient (Wildman–Crippen LogP) is 5.39. The first-order chi connectivity index (χ1) is 13.8. The molecule has 0 N–H and O–H groups in total. The largest absolute Gasteiger partial charge is 0.494 e. The van der Waals surface area contributed by atoms with Crippen LogP contribution in [0.2, 0.25) is 0 Å². The molecule has 0 radical (unpaired) electrons. The van der Waals surface area contributed by atoms with Crippen molar-refractivity contribution in [3.63, 3.8) is 0 Å². The molecule has 28 heavy (non-hydrogen) atoms. The van der Waals surface area contributed by atoms with Crippen LogP contribution in [0.5, 0.6) is 11.5 Å². The van der Waals surface area contributed by atoms with E-state index in [1.54, 1.807) is 0 Å². The van der Waals surface area contributed by atoms with E-state index in [0.717, 1.165) is 41.3 Å². The summed E-state index contributed by atoms with van der Waals surface area (Å²) in [4.78, 5) is 4.78. The van der Waals surface area contributed by atoms with E-state index in [-0.39, 0.29) is 0 Å². The molecular formula is C24H24N2O2.